The molecule has 5 nitrogen and oxygen atoms in total. The average molecular weight is 334 g/mol. The molecule has 1 aromatic rings. The van der Waals surface area contributed by atoms with Gasteiger partial charge in [-0.05, 0) is 38.8 Å². The van der Waals surface area contributed by atoms with E-state index >= 15 is 0 Å². The highest BCUT2D eigenvalue weighted by atomic mass is 16.8. The predicted molar refractivity (Wildman–Crippen MR) is 90.2 cm³/mol. The van der Waals surface area contributed by atoms with E-state index in [2.05, 4.69) is 6.58 Å². The Hall–Kier alpha value is -1.24. The van der Waals surface area contributed by atoms with E-state index in [4.69, 9.17) is 18.9 Å². The van der Waals surface area contributed by atoms with Crippen LogP contribution in [0.15, 0.2) is 30.8 Å². The van der Waals surface area contributed by atoms with Crippen molar-refractivity contribution in [3.05, 3.63) is 42.0 Å². The molecule has 0 radical (unpaired) electrons. The third kappa shape index (κ3) is 3.55. The Morgan fingerprint density at radius 3 is 2.29 bits per heavy atom. The van der Waals surface area contributed by atoms with Gasteiger partial charge in [-0.1, -0.05) is 36.9 Å². The Bertz CT molecular complexity index is 592. The summed E-state index contributed by atoms with van der Waals surface area (Å²) in [6.07, 6.45) is -0.270. The van der Waals surface area contributed by atoms with Crippen LogP contribution >= 0.6 is 0 Å². The summed E-state index contributed by atoms with van der Waals surface area (Å²) in [5.41, 5.74) is 1.77. The lowest BCUT2D eigenvalue weighted by Crippen LogP contribution is -2.41. The highest BCUT2D eigenvalue weighted by Gasteiger charge is 2.52. The second-order valence-corrected chi connectivity index (χ2v) is 7.25. The van der Waals surface area contributed by atoms with E-state index in [1.807, 2.05) is 52.0 Å². The van der Waals surface area contributed by atoms with Gasteiger partial charge in [0, 0.05) is 0 Å². The van der Waals surface area contributed by atoms with Gasteiger partial charge >= 0.3 is 0 Å². The maximum atomic E-state index is 10.8. The molecule has 2 heterocycles. The van der Waals surface area contributed by atoms with Gasteiger partial charge in [-0.2, -0.15) is 0 Å². The maximum Gasteiger partial charge on any atom is 0.164 e. The zero-order valence-electron chi connectivity index (χ0n) is 14.7. The summed E-state index contributed by atoms with van der Waals surface area (Å²) in [5.74, 6) is -1.44. The molecule has 0 saturated carbocycles. The molecule has 0 bridgehead atoms. The van der Waals surface area contributed by atoms with Gasteiger partial charge in [0.05, 0.1) is 6.61 Å². The fourth-order valence-electron chi connectivity index (χ4n) is 3.25. The molecular formula is C19H26O5. The van der Waals surface area contributed by atoms with Crippen molar-refractivity contribution < 1.29 is 24.1 Å². The van der Waals surface area contributed by atoms with Crippen LogP contribution in [0.1, 0.15) is 44.9 Å². The van der Waals surface area contributed by atoms with Crippen molar-refractivity contribution in [2.24, 2.45) is 0 Å². The van der Waals surface area contributed by atoms with Crippen molar-refractivity contribution in [1.82, 2.24) is 0 Å². The van der Waals surface area contributed by atoms with Crippen LogP contribution in [0, 0.1) is 0 Å². The van der Waals surface area contributed by atoms with Gasteiger partial charge in [-0.3, -0.25) is 0 Å². The molecule has 0 aliphatic carbocycles. The normalized spacial score (nSPS) is 32.6. The second-order valence-electron chi connectivity index (χ2n) is 7.25. The average Bonchev–Trinajstić information content (AvgIpc) is 3.05. The maximum absolute atomic E-state index is 10.8. The van der Waals surface area contributed by atoms with E-state index in [-0.39, 0.29) is 6.10 Å². The molecular weight excluding hydrogens is 308 g/mol. The molecule has 0 spiro atoms. The summed E-state index contributed by atoms with van der Waals surface area (Å²) in [7, 11) is 0. The monoisotopic (exact) mass is 334 g/mol. The summed E-state index contributed by atoms with van der Waals surface area (Å²) in [6, 6.07) is 7.59. The summed E-state index contributed by atoms with van der Waals surface area (Å²) < 4.78 is 23.6. The van der Waals surface area contributed by atoms with Gasteiger partial charge < -0.3 is 24.1 Å². The van der Waals surface area contributed by atoms with Gasteiger partial charge in [0.1, 0.15) is 24.4 Å². The van der Waals surface area contributed by atoms with Crippen LogP contribution in [0.2, 0.25) is 0 Å². The summed E-state index contributed by atoms with van der Waals surface area (Å²) in [4.78, 5) is 0. The lowest BCUT2D eigenvalue weighted by atomic mass is 9.97. The molecule has 3 rings (SSSR count). The molecule has 1 N–H and O–H groups in total. The number of ether oxygens (including phenoxy) is 4. The van der Waals surface area contributed by atoms with Gasteiger partial charge in [-0.15, -0.1) is 0 Å². The highest BCUT2D eigenvalue weighted by Crippen LogP contribution is 2.40. The van der Waals surface area contributed by atoms with E-state index in [9.17, 15) is 5.11 Å². The third-order valence-electron chi connectivity index (χ3n) is 4.39. The SMILES string of the molecule is C=Cc1ccc(C(O)[C@H]2OC(C)(C)O[C@@H]2[C@H]2COC(C)(C)O2)cc1. The first-order valence-electron chi connectivity index (χ1n) is 8.29. The van der Waals surface area contributed by atoms with E-state index in [1.165, 1.54) is 0 Å². The Balaban J connectivity index is 1.81. The van der Waals surface area contributed by atoms with Crippen molar-refractivity contribution >= 4 is 6.08 Å². The van der Waals surface area contributed by atoms with Gasteiger partial charge in [-0.25, -0.2) is 0 Å². The molecule has 2 aliphatic heterocycles. The molecule has 0 amide bonds. The van der Waals surface area contributed by atoms with Crippen molar-refractivity contribution in [3.8, 4) is 0 Å². The minimum Gasteiger partial charge on any atom is -0.386 e. The van der Waals surface area contributed by atoms with Crippen LogP contribution in [0.3, 0.4) is 0 Å². The summed E-state index contributed by atoms with van der Waals surface area (Å²) >= 11 is 0. The fourth-order valence-corrected chi connectivity index (χ4v) is 3.25. The smallest absolute Gasteiger partial charge is 0.164 e. The van der Waals surface area contributed by atoms with Crippen LogP contribution in [-0.2, 0) is 18.9 Å². The first kappa shape index (κ1) is 17.6. The Kier molecular flexibility index (Phi) is 4.57. The number of hydrogen-bond acceptors (Lipinski definition) is 5. The van der Waals surface area contributed by atoms with Crippen molar-refractivity contribution in [3.63, 3.8) is 0 Å². The number of hydrogen-bond donors (Lipinski definition) is 1. The van der Waals surface area contributed by atoms with Gasteiger partial charge in [0.2, 0.25) is 0 Å². The van der Waals surface area contributed by atoms with E-state index < -0.39 is 29.9 Å². The topological polar surface area (TPSA) is 57.2 Å². The summed E-state index contributed by atoms with van der Waals surface area (Å²) in [6.45, 7) is 11.6. The second kappa shape index (κ2) is 6.24. The van der Waals surface area contributed by atoms with Crippen LogP contribution in [0.25, 0.3) is 6.08 Å². The number of aliphatic hydroxyl groups excluding tert-OH is 1. The number of benzene rings is 1. The predicted octanol–water partition coefficient (Wildman–Crippen LogP) is 3.03. The molecule has 2 aliphatic rings. The minimum atomic E-state index is -0.817. The molecule has 2 fully saturated rings. The molecule has 1 aromatic carbocycles. The van der Waals surface area contributed by atoms with E-state index in [0.717, 1.165) is 11.1 Å². The molecule has 132 valence electrons. The van der Waals surface area contributed by atoms with Crippen molar-refractivity contribution in [2.75, 3.05) is 6.61 Å². The minimum absolute atomic E-state index is 0.283. The molecule has 24 heavy (non-hydrogen) atoms. The van der Waals surface area contributed by atoms with Gasteiger partial charge in [0.25, 0.3) is 0 Å². The molecule has 2 saturated heterocycles. The van der Waals surface area contributed by atoms with Crippen molar-refractivity contribution in [2.45, 2.75) is 63.7 Å². The van der Waals surface area contributed by atoms with Crippen molar-refractivity contribution in [1.29, 1.82) is 0 Å². The number of rotatable bonds is 4. The lowest BCUT2D eigenvalue weighted by Gasteiger charge is -2.26. The van der Waals surface area contributed by atoms with Crippen LogP contribution < -0.4 is 0 Å². The fraction of sp³-hybridized carbons (Fsp3) is 0.579. The Labute approximate surface area is 143 Å². The quantitative estimate of drug-likeness (QED) is 0.917. The Morgan fingerprint density at radius 1 is 1.08 bits per heavy atom. The zero-order valence-corrected chi connectivity index (χ0v) is 14.7. The number of aliphatic hydroxyl groups is 1. The van der Waals surface area contributed by atoms with E-state index in [0.29, 0.717) is 6.61 Å². The standard InChI is InChI=1S/C19H26O5/c1-6-12-7-9-13(10-8-12)15(20)17-16(23-19(4,5)24-17)14-11-21-18(2,3)22-14/h6-10,14-17,20H,1,11H2,2-5H3/t14-,15?,16-,17-/m1/s1. The molecule has 5 heteroatoms. The zero-order chi connectivity index (χ0) is 17.5. The first-order valence-corrected chi connectivity index (χ1v) is 8.29. The third-order valence-corrected chi connectivity index (χ3v) is 4.39. The van der Waals surface area contributed by atoms with Crippen LogP contribution in [-0.4, -0.2) is 41.6 Å². The molecule has 0 aromatic heterocycles. The summed E-state index contributed by atoms with van der Waals surface area (Å²) in [5, 5.41) is 10.8. The largest absolute Gasteiger partial charge is 0.386 e. The lowest BCUT2D eigenvalue weighted by molar-refractivity contribution is -0.175. The highest BCUT2D eigenvalue weighted by molar-refractivity contribution is 5.47. The van der Waals surface area contributed by atoms with E-state index in [1.54, 1.807) is 6.08 Å². The molecule has 4 atom stereocenters. The Morgan fingerprint density at radius 2 is 1.75 bits per heavy atom. The van der Waals surface area contributed by atoms with Crippen LogP contribution in [0.4, 0.5) is 0 Å². The molecule has 1 unspecified atom stereocenters. The van der Waals surface area contributed by atoms with Gasteiger partial charge in [0.15, 0.2) is 11.6 Å². The first-order chi connectivity index (χ1) is 11.2. The van der Waals surface area contributed by atoms with Crippen LogP contribution in [0.5, 0.6) is 0 Å².